The Morgan fingerprint density at radius 3 is 1.75 bits per heavy atom. The molecule has 0 aliphatic rings. The van der Waals surface area contributed by atoms with Crippen LogP contribution in [0.2, 0.25) is 0 Å². The molecule has 3 heteroatoms. The summed E-state index contributed by atoms with van der Waals surface area (Å²) in [6.07, 6.45) is 0. The molecule has 0 saturated carbocycles. The van der Waals surface area contributed by atoms with Gasteiger partial charge in [-0.25, -0.2) is 4.79 Å². The van der Waals surface area contributed by atoms with Crippen LogP contribution in [-0.2, 0) is 4.79 Å². The zero-order chi connectivity index (χ0) is 2.71. The highest BCUT2D eigenvalue weighted by molar-refractivity contribution is 7.78. The van der Waals surface area contributed by atoms with E-state index >= 15 is 0 Å². The maximum Gasteiger partial charge on any atom is 0.202 e. The molecule has 0 rings (SSSR count). The van der Waals surface area contributed by atoms with Crippen LogP contribution in [0.5, 0.6) is 0 Å². The van der Waals surface area contributed by atoms with E-state index in [4.69, 9.17) is 4.79 Å². The Morgan fingerprint density at radius 2 is 1.75 bits per heavy atom. The molecular formula is CBOS. The number of rotatable bonds is 0. The van der Waals surface area contributed by atoms with Gasteiger partial charge in [0.25, 0.3) is 0 Å². The molecule has 0 saturated heterocycles. The molecule has 1 nitrogen and oxygen atoms in total. The van der Waals surface area contributed by atoms with E-state index in [9.17, 15) is 0 Å². The van der Waals surface area contributed by atoms with Gasteiger partial charge in [0.15, 0.2) is 0 Å². The van der Waals surface area contributed by atoms with E-state index in [0.717, 1.165) is 5.23 Å². The van der Waals surface area contributed by atoms with Crippen LogP contribution < -0.4 is 0 Å². The third kappa shape index (κ3) is 76.5. The standard InChI is InChI=1S/COS.B/c2-1-3;. The second-order valence-electron chi connectivity index (χ2n) is 0.0833. The fraction of sp³-hybridized carbons (Fsp3) is 0. The first-order valence-electron chi connectivity index (χ1n) is 0.408. The van der Waals surface area contributed by atoms with Crippen LogP contribution in [0.4, 0.5) is 0 Å². The third-order valence-corrected chi connectivity index (χ3v) is 0. The van der Waals surface area contributed by atoms with Gasteiger partial charge in [-0.05, 0) is 0 Å². The topological polar surface area (TPSA) is 17.1 Å². The molecule has 0 aliphatic carbocycles. The lowest BCUT2D eigenvalue weighted by Gasteiger charge is -0.970. The Bertz CT molecular complexity index is 29.0. The van der Waals surface area contributed by atoms with Gasteiger partial charge in [-0.15, -0.1) is 0 Å². The monoisotopic (exact) mass is 71.0 g/mol. The zero-order valence-electron chi connectivity index (χ0n) is 1.89. The average molecular weight is 70.9 g/mol. The van der Waals surface area contributed by atoms with Crippen molar-refractivity contribution in [1.29, 1.82) is 0 Å². The number of carbonyl (C=O) groups excluding carboxylic acids is 1. The van der Waals surface area contributed by atoms with Crippen LogP contribution in [0.3, 0.4) is 0 Å². The predicted molar refractivity (Wildman–Crippen MR) is 19.0 cm³/mol. The smallest absolute Gasteiger partial charge is 0.202 e. The summed E-state index contributed by atoms with van der Waals surface area (Å²) in [6, 6.07) is 0. The predicted octanol–water partition coefficient (Wildman–Crippen LogP) is -0.130. The first kappa shape index (κ1) is 9.12. The SMILES string of the molecule is O=C=S.[B]. The second-order valence-corrected chi connectivity index (χ2v) is 0.250. The minimum absolute atomic E-state index is 0. The number of hydrogen-bond acceptors (Lipinski definition) is 2. The Kier molecular flexibility index (Phi) is 30.4. The molecule has 0 heterocycles. The molecule has 0 bridgehead atoms. The van der Waals surface area contributed by atoms with Crippen LogP contribution in [0.15, 0.2) is 0 Å². The highest BCUT2D eigenvalue weighted by atomic mass is 32.1. The van der Waals surface area contributed by atoms with E-state index in [1.807, 2.05) is 0 Å². The quantitative estimate of drug-likeness (QED) is 0.292. The van der Waals surface area contributed by atoms with E-state index in [0.29, 0.717) is 0 Å². The molecule has 0 aromatic rings. The highest BCUT2D eigenvalue weighted by Crippen LogP contribution is 1.14. The van der Waals surface area contributed by atoms with Gasteiger partial charge in [0.2, 0.25) is 5.23 Å². The molecule has 0 aromatic heterocycles. The fourth-order valence-electron chi connectivity index (χ4n) is 0. The largest absolute Gasteiger partial charge is 0.220 e. The lowest BCUT2D eigenvalue weighted by Crippen LogP contribution is -1.08. The van der Waals surface area contributed by atoms with E-state index in [2.05, 4.69) is 12.2 Å². The Labute approximate surface area is 31.6 Å². The number of hydrogen-bond donors (Lipinski definition) is 0. The summed E-state index contributed by atoms with van der Waals surface area (Å²) in [4.78, 5) is 8.50. The Hall–Kier alpha value is -0.135. The van der Waals surface area contributed by atoms with Gasteiger partial charge in [0.05, 0.1) is 0 Å². The van der Waals surface area contributed by atoms with Crippen LogP contribution in [-0.4, -0.2) is 13.6 Å². The van der Waals surface area contributed by atoms with E-state index < -0.39 is 0 Å². The molecule has 4 heavy (non-hydrogen) atoms. The summed E-state index contributed by atoms with van der Waals surface area (Å²) in [6.45, 7) is 0. The van der Waals surface area contributed by atoms with Gasteiger partial charge >= 0.3 is 0 Å². The normalized spacial score (nSPS) is 2.00. The van der Waals surface area contributed by atoms with Crippen LogP contribution in [0.1, 0.15) is 0 Å². The lowest BCUT2D eigenvalue weighted by molar-refractivity contribution is 0.572. The zero-order valence-corrected chi connectivity index (χ0v) is 2.71. The third-order valence-electron chi connectivity index (χ3n) is 0. The Morgan fingerprint density at radius 1 is 1.75 bits per heavy atom. The van der Waals surface area contributed by atoms with Crippen molar-refractivity contribution in [3.8, 4) is 0 Å². The lowest BCUT2D eigenvalue weighted by atomic mass is 10.8. The van der Waals surface area contributed by atoms with Gasteiger partial charge in [-0.3, -0.25) is 0 Å². The van der Waals surface area contributed by atoms with Crippen LogP contribution in [0.25, 0.3) is 0 Å². The van der Waals surface area contributed by atoms with E-state index in [1.54, 1.807) is 0 Å². The molecule has 0 aliphatic heterocycles. The van der Waals surface area contributed by atoms with Gasteiger partial charge in [-0.2, -0.15) is 0 Å². The minimum Gasteiger partial charge on any atom is -0.220 e. The molecule has 0 atom stereocenters. The Balaban J connectivity index is 0. The summed E-state index contributed by atoms with van der Waals surface area (Å²) in [7, 11) is 0. The van der Waals surface area contributed by atoms with E-state index in [1.165, 1.54) is 0 Å². The summed E-state index contributed by atoms with van der Waals surface area (Å²) >= 11 is 3.59. The molecule has 0 fully saturated rings. The van der Waals surface area contributed by atoms with Gasteiger partial charge in [-0.1, -0.05) is 0 Å². The van der Waals surface area contributed by atoms with Crippen molar-refractivity contribution in [2.45, 2.75) is 0 Å². The summed E-state index contributed by atoms with van der Waals surface area (Å²) in [5.41, 5.74) is 0. The van der Waals surface area contributed by atoms with Crippen molar-refractivity contribution in [3.63, 3.8) is 0 Å². The van der Waals surface area contributed by atoms with Crippen molar-refractivity contribution >= 4 is 25.9 Å². The first-order chi connectivity index (χ1) is 1.41. The van der Waals surface area contributed by atoms with Crippen LogP contribution in [0, 0.1) is 0 Å². The van der Waals surface area contributed by atoms with Crippen molar-refractivity contribution in [1.82, 2.24) is 0 Å². The summed E-state index contributed by atoms with van der Waals surface area (Å²) in [5, 5.41) is 1.08. The molecule has 0 spiro atoms. The number of thiocarbonyl (C=S) groups is 1. The molecule has 3 radical (unpaired) electrons. The van der Waals surface area contributed by atoms with Gasteiger partial charge in [0.1, 0.15) is 0 Å². The fourth-order valence-corrected chi connectivity index (χ4v) is 0. The molecular weight excluding hydrogens is 70.9 g/mol. The van der Waals surface area contributed by atoms with Crippen molar-refractivity contribution in [3.05, 3.63) is 0 Å². The molecule has 0 unspecified atom stereocenters. The van der Waals surface area contributed by atoms with Gasteiger partial charge < -0.3 is 0 Å². The molecule has 0 aromatic carbocycles. The molecule has 19 valence electrons. The summed E-state index contributed by atoms with van der Waals surface area (Å²) in [5.74, 6) is 0. The maximum atomic E-state index is 8.50. The van der Waals surface area contributed by atoms with E-state index in [-0.39, 0.29) is 8.41 Å². The highest BCUT2D eigenvalue weighted by Gasteiger charge is 1.07. The summed E-state index contributed by atoms with van der Waals surface area (Å²) < 4.78 is 0. The minimum atomic E-state index is 0. The van der Waals surface area contributed by atoms with Crippen LogP contribution >= 0.6 is 12.2 Å². The first-order valence-corrected chi connectivity index (χ1v) is 0.816. The van der Waals surface area contributed by atoms with Gasteiger partial charge in [0, 0.05) is 20.6 Å². The van der Waals surface area contributed by atoms with Crippen molar-refractivity contribution < 1.29 is 4.79 Å². The second kappa shape index (κ2) is 13.3. The maximum absolute atomic E-state index is 8.50. The van der Waals surface area contributed by atoms with Crippen molar-refractivity contribution in [2.24, 2.45) is 0 Å². The average Bonchev–Trinajstić information content (AvgIpc) is 0.918. The molecule has 0 N–H and O–H groups in total. The molecule has 0 amide bonds. The van der Waals surface area contributed by atoms with Crippen molar-refractivity contribution in [2.75, 3.05) is 0 Å².